The number of ether oxygens (including phenoxy) is 1. The number of aromatic nitrogens is 1. The monoisotopic (exact) mass is 829 g/mol. The maximum absolute atomic E-state index is 13.5. The largest absolute Gasteiger partial charge is 0.481 e. The Morgan fingerprint density at radius 1 is 0.966 bits per heavy atom. The summed E-state index contributed by atoms with van der Waals surface area (Å²) in [6.45, 7) is 13.4. The van der Waals surface area contributed by atoms with E-state index in [0.29, 0.717) is 67.4 Å². The van der Waals surface area contributed by atoms with Gasteiger partial charge in [0.2, 0.25) is 5.88 Å². The molecule has 2 N–H and O–H groups in total. The molecular weight excluding hydrogens is 764 g/mol. The Balaban J connectivity index is 0.935. The van der Waals surface area contributed by atoms with Crippen LogP contribution in [0.4, 0.5) is 13.2 Å². The molecule has 10 atom stereocenters. The van der Waals surface area contributed by atoms with Crippen LogP contribution in [0.5, 0.6) is 5.88 Å². The van der Waals surface area contributed by atoms with Crippen molar-refractivity contribution in [2.45, 2.75) is 129 Å². The molecule has 1 saturated heterocycles. The lowest BCUT2D eigenvalue weighted by Crippen LogP contribution is -2.67. The van der Waals surface area contributed by atoms with Crippen LogP contribution in [0, 0.1) is 51.2 Å². The molecule has 1 aliphatic heterocycles. The van der Waals surface area contributed by atoms with Gasteiger partial charge in [-0.25, -0.2) is 13.4 Å². The highest BCUT2D eigenvalue weighted by atomic mass is 32.2. The van der Waals surface area contributed by atoms with Crippen LogP contribution in [0.3, 0.4) is 0 Å². The molecule has 8 unspecified atom stereocenters. The molecular formula is C46H66F3N3O5S. The number of alkyl halides is 3. The van der Waals surface area contributed by atoms with E-state index in [1.54, 1.807) is 0 Å². The number of halogens is 3. The summed E-state index contributed by atoms with van der Waals surface area (Å²) in [5, 5.41) is 14.5. The van der Waals surface area contributed by atoms with Gasteiger partial charge in [-0.15, -0.1) is 0 Å². The van der Waals surface area contributed by atoms with Gasteiger partial charge in [-0.1, -0.05) is 46.3 Å². The van der Waals surface area contributed by atoms with Crippen molar-refractivity contribution in [3.63, 3.8) is 0 Å². The van der Waals surface area contributed by atoms with Crippen molar-refractivity contribution >= 4 is 15.8 Å². The zero-order valence-electron chi connectivity index (χ0n) is 35.1. The zero-order valence-corrected chi connectivity index (χ0v) is 36.0. The minimum Gasteiger partial charge on any atom is -0.481 e. The molecule has 8 nitrogen and oxygen atoms in total. The highest BCUT2D eigenvalue weighted by Crippen LogP contribution is 2.75. The smallest absolute Gasteiger partial charge is 0.421 e. The molecule has 8 rings (SSSR count). The molecule has 6 aliphatic carbocycles. The average Bonchev–Trinajstić information content (AvgIpc) is 3.60. The van der Waals surface area contributed by atoms with Crippen molar-refractivity contribution < 1.29 is 36.2 Å². The van der Waals surface area contributed by atoms with E-state index >= 15 is 0 Å². The van der Waals surface area contributed by atoms with E-state index in [-0.39, 0.29) is 40.9 Å². The van der Waals surface area contributed by atoms with Crippen LogP contribution >= 0.6 is 0 Å². The summed E-state index contributed by atoms with van der Waals surface area (Å²) in [5.74, 6) is 2.14. The molecule has 5 fully saturated rings. The highest BCUT2D eigenvalue weighted by molar-refractivity contribution is 7.91. The summed E-state index contributed by atoms with van der Waals surface area (Å²) >= 11 is 0. The predicted molar refractivity (Wildman–Crippen MR) is 219 cm³/mol. The predicted octanol–water partition coefficient (Wildman–Crippen LogP) is 9.12. The maximum Gasteiger partial charge on any atom is 0.421 e. The summed E-state index contributed by atoms with van der Waals surface area (Å²) < 4.78 is 70.0. The van der Waals surface area contributed by atoms with Crippen LogP contribution < -0.4 is 10.1 Å². The number of nitrogens with zero attached hydrogens (tertiary/aromatic N) is 2. The van der Waals surface area contributed by atoms with Crippen molar-refractivity contribution in [3.8, 4) is 5.88 Å². The topological polar surface area (TPSA) is 109 Å². The quantitative estimate of drug-likeness (QED) is 0.241. The third-order valence-corrected chi connectivity index (χ3v) is 19.8. The van der Waals surface area contributed by atoms with E-state index in [1.165, 1.54) is 81.2 Å². The molecule has 1 aromatic rings. The molecule has 322 valence electrons. The Bertz CT molecular complexity index is 1910. The van der Waals surface area contributed by atoms with Crippen LogP contribution in [0.1, 0.15) is 123 Å². The first-order chi connectivity index (χ1) is 27.4. The van der Waals surface area contributed by atoms with E-state index in [4.69, 9.17) is 4.74 Å². The fourth-order valence-corrected chi connectivity index (χ4v) is 16.0. The maximum atomic E-state index is 13.5. The lowest BCUT2D eigenvalue weighted by Gasteiger charge is -2.71. The minimum absolute atomic E-state index is 0.111. The average molecular weight is 830 g/mol. The number of fused-ring (bicyclic) bond motifs is 7. The van der Waals surface area contributed by atoms with Crippen molar-refractivity contribution in [2.75, 3.05) is 44.3 Å². The molecule has 7 aliphatic rings. The number of hydrogen-bond acceptors (Lipinski definition) is 7. The molecule has 1 aromatic heterocycles. The Kier molecular flexibility index (Phi) is 11.1. The van der Waals surface area contributed by atoms with Gasteiger partial charge in [0.15, 0.2) is 9.84 Å². The van der Waals surface area contributed by atoms with Gasteiger partial charge in [0.25, 0.3) is 0 Å². The summed E-state index contributed by atoms with van der Waals surface area (Å²) in [5.41, 5.74) is 1.57. The van der Waals surface area contributed by atoms with Gasteiger partial charge >= 0.3 is 12.1 Å². The Hall–Kier alpha value is -2.44. The van der Waals surface area contributed by atoms with Gasteiger partial charge in [-0.05, 0) is 153 Å². The summed E-state index contributed by atoms with van der Waals surface area (Å²) in [7, 11) is -2.87. The lowest BCUT2D eigenvalue weighted by molar-refractivity contribution is -0.212. The number of pyridine rings is 1. The van der Waals surface area contributed by atoms with Crippen molar-refractivity contribution in [1.82, 2.24) is 15.2 Å². The minimum atomic E-state index is -4.60. The van der Waals surface area contributed by atoms with E-state index in [9.17, 15) is 31.5 Å². The van der Waals surface area contributed by atoms with Crippen LogP contribution in [0.2, 0.25) is 0 Å². The first-order valence-corrected chi connectivity index (χ1v) is 24.1. The SMILES string of the molecule is CC1C(C2=CCC(CCOc3ncccc3C(F)(F)F)(C(=O)O)CC2)=CCC2(C)C1CCC1(C)C2CCC2[C@H]3CCCC3(NCCN3CCS(=O)(=O)CC3)CC[C@]21C. The Morgan fingerprint density at radius 3 is 2.45 bits per heavy atom. The van der Waals surface area contributed by atoms with Gasteiger partial charge in [-0.2, -0.15) is 13.2 Å². The van der Waals surface area contributed by atoms with E-state index in [2.05, 4.69) is 55.0 Å². The number of carboxylic acids is 1. The number of aliphatic carboxylic acids is 1. The standard InChI is InChI=1S/C46H66F3N3O5S/c1-31-33(32-11-18-44(19-12-32,40(53)54)22-28-57-39-37(46(47,48)49)8-6-23-50-39)13-16-41(2)34(31)14-17-43(4)38(41)10-9-35-36-7-5-15-45(36,21-20-42(35,43)3)51-24-25-52-26-29-58(55,56)30-27-52/h6,8,11,13,23,31,34-36,38,51H,5,7,9-10,12,14-22,24-30H2,1-4H3,(H,53,54)/t31?,34?,35?,36-,38?,41?,42-,43?,44?,45?/m1/s1. The number of carboxylic acid groups (broad SMARTS) is 1. The van der Waals surface area contributed by atoms with Crippen LogP contribution in [-0.4, -0.2) is 79.2 Å². The number of nitrogens with one attached hydrogen (secondary N) is 1. The molecule has 2 heterocycles. The molecule has 0 spiro atoms. The second kappa shape index (κ2) is 15.2. The van der Waals surface area contributed by atoms with Crippen LogP contribution in [-0.2, 0) is 20.8 Å². The zero-order chi connectivity index (χ0) is 41.4. The van der Waals surface area contributed by atoms with Gasteiger partial charge < -0.3 is 20.1 Å². The number of hydrogen-bond donors (Lipinski definition) is 2. The molecule has 0 radical (unpaired) electrons. The van der Waals surface area contributed by atoms with Gasteiger partial charge in [0.05, 0.1) is 23.5 Å². The van der Waals surface area contributed by atoms with Gasteiger partial charge in [0.1, 0.15) is 5.56 Å². The fraction of sp³-hybridized carbons (Fsp3) is 0.783. The lowest BCUT2D eigenvalue weighted by atomic mass is 9.34. The fourth-order valence-electron chi connectivity index (χ4n) is 14.7. The Morgan fingerprint density at radius 2 is 1.74 bits per heavy atom. The molecule has 58 heavy (non-hydrogen) atoms. The number of carbonyl (C=O) groups is 1. The van der Waals surface area contributed by atoms with E-state index in [1.807, 2.05) is 0 Å². The van der Waals surface area contributed by atoms with E-state index < -0.39 is 38.8 Å². The van der Waals surface area contributed by atoms with Gasteiger partial charge in [0, 0.05) is 37.9 Å². The van der Waals surface area contributed by atoms with Crippen LogP contribution in [0.25, 0.3) is 0 Å². The number of sulfone groups is 1. The van der Waals surface area contributed by atoms with Crippen molar-refractivity contribution in [3.05, 3.63) is 47.2 Å². The third kappa shape index (κ3) is 7.08. The number of allylic oxidation sites excluding steroid dienone is 4. The van der Waals surface area contributed by atoms with E-state index in [0.717, 1.165) is 25.6 Å². The summed E-state index contributed by atoms with van der Waals surface area (Å²) in [6.07, 6.45) is 15.2. The second-order valence-corrected chi connectivity index (χ2v) is 22.7. The molecule has 0 bridgehead atoms. The summed E-state index contributed by atoms with van der Waals surface area (Å²) in [4.78, 5) is 18.8. The summed E-state index contributed by atoms with van der Waals surface area (Å²) in [6, 6.07) is 2.15. The first-order valence-electron chi connectivity index (χ1n) is 22.3. The van der Waals surface area contributed by atoms with Crippen molar-refractivity contribution in [2.24, 2.45) is 51.2 Å². The Labute approximate surface area is 344 Å². The molecule has 0 aromatic carbocycles. The van der Waals surface area contributed by atoms with Gasteiger partial charge in [-0.3, -0.25) is 4.79 Å². The third-order valence-electron chi connectivity index (χ3n) is 18.2. The molecule has 0 amide bonds. The number of rotatable bonds is 10. The second-order valence-electron chi connectivity index (χ2n) is 20.4. The normalized spacial score (nSPS) is 41.3. The van der Waals surface area contributed by atoms with Crippen molar-refractivity contribution in [1.29, 1.82) is 0 Å². The first kappa shape index (κ1) is 42.3. The molecule has 12 heteroatoms. The molecule has 4 saturated carbocycles. The highest BCUT2D eigenvalue weighted by Gasteiger charge is 2.68. The van der Waals surface area contributed by atoms with Crippen LogP contribution in [0.15, 0.2) is 41.6 Å².